The van der Waals surface area contributed by atoms with E-state index in [9.17, 15) is 15.0 Å². The van der Waals surface area contributed by atoms with Crippen molar-refractivity contribution in [2.45, 2.75) is 63.1 Å². The average Bonchev–Trinajstić information content (AvgIpc) is 2.70. The van der Waals surface area contributed by atoms with Crippen molar-refractivity contribution in [3.05, 3.63) is 0 Å². The summed E-state index contributed by atoms with van der Waals surface area (Å²) in [6, 6.07) is 1.09. The summed E-state index contributed by atoms with van der Waals surface area (Å²) in [5, 5.41) is 31.3. The molecule has 3 N–H and O–H groups in total. The van der Waals surface area contributed by atoms with Gasteiger partial charge in [0.25, 0.3) is 0 Å². The topological polar surface area (TPSA) is 121 Å². The molecule has 0 bridgehead atoms. The van der Waals surface area contributed by atoms with Gasteiger partial charge in [-0.25, -0.2) is 0 Å². The fraction of sp³-hybridized carbons (Fsp3) is 0.846. The molecular formula is C13H20N2O6. The third-order valence-electron chi connectivity index (χ3n) is 3.68. The number of aliphatic hydroxyl groups excluding tert-OH is 2. The van der Waals surface area contributed by atoms with Gasteiger partial charge in [-0.2, -0.15) is 5.26 Å². The van der Waals surface area contributed by atoms with Crippen molar-refractivity contribution in [1.82, 2.24) is 5.32 Å². The van der Waals surface area contributed by atoms with Gasteiger partial charge in [0.1, 0.15) is 23.9 Å². The highest BCUT2D eigenvalue weighted by molar-refractivity contribution is 5.73. The summed E-state index contributed by atoms with van der Waals surface area (Å²) in [5.74, 6) is -1.33. The molecule has 21 heavy (non-hydrogen) atoms. The molecule has 0 aromatic carbocycles. The highest BCUT2D eigenvalue weighted by Crippen LogP contribution is 2.43. The first-order chi connectivity index (χ1) is 9.74. The van der Waals surface area contributed by atoms with Crippen LogP contribution in [0.2, 0.25) is 0 Å². The Bertz CT molecular complexity index is 462. The van der Waals surface area contributed by atoms with Crippen LogP contribution in [0.15, 0.2) is 0 Å². The molecule has 2 saturated heterocycles. The molecular weight excluding hydrogens is 280 g/mol. The lowest BCUT2D eigenvalue weighted by Crippen LogP contribution is -2.68. The molecule has 0 aliphatic carbocycles. The van der Waals surface area contributed by atoms with Crippen LogP contribution in [0.25, 0.3) is 0 Å². The minimum absolute atomic E-state index is 0.173. The fourth-order valence-electron chi connectivity index (χ4n) is 2.85. The van der Waals surface area contributed by atoms with E-state index in [4.69, 9.17) is 19.5 Å². The molecule has 1 amide bonds. The predicted molar refractivity (Wildman–Crippen MR) is 68.6 cm³/mol. The zero-order chi connectivity index (χ0) is 15.8. The molecule has 4 unspecified atom stereocenters. The number of hydrogen-bond donors (Lipinski definition) is 3. The van der Waals surface area contributed by atoms with Gasteiger partial charge >= 0.3 is 0 Å². The molecule has 0 saturated carbocycles. The highest BCUT2D eigenvalue weighted by Gasteiger charge is 2.61. The zero-order valence-corrected chi connectivity index (χ0v) is 12.2. The van der Waals surface area contributed by atoms with E-state index in [1.165, 1.54) is 6.92 Å². The van der Waals surface area contributed by atoms with Crippen LogP contribution in [0.3, 0.4) is 0 Å². The van der Waals surface area contributed by atoms with Crippen molar-refractivity contribution in [3.63, 3.8) is 0 Å². The first kappa shape index (κ1) is 16.1. The van der Waals surface area contributed by atoms with E-state index in [0.717, 1.165) is 0 Å². The lowest BCUT2D eigenvalue weighted by molar-refractivity contribution is -0.280. The Labute approximate surface area is 122 Å². The van der Waals surface area contributed by atoms with E-state index in [-0.39, 0.29) is 12.3 Å². The number of nitrogens with zero attached hydrogens (tertiary/aromatic N) is 1. The van der Waals surface area contributed by atoms with Gasteiger partial charge in [0.2, 0.25) is 5.91 Å². The molecule has 2 aliphatic heterocycles. The molecule has 118 valence electrons. The Morgan fingerprint density at radius 3 is 2.57 bits per heavy atom. The molecule has 2 aliphatic rings. The Hall–Kier alpha value is -1.24. The summed E-state index contributed by atoms with van der Waals surface area (Å²) in [6.45, 7) is 4.16. The molecule has 2 fully saturated rings. The minimum atomic E-state index is -1.41. The molecule has 2 heterocycles. The van der Waals surface area contributed by atoms with Crippen LogP contribution < -0.4 is 5.32 Å². The number of rotatable bonds is 3. The Kier molecular flexibility index (Phi) is 4.24. The first-order valence-electron chi connectivity index (χ1n) is 6.71. The van der Waals surface area contributed by atoms with E-state index >= 15 is 0 Å². The van der Waals surface area contributed by atoms with Crippen molar-refractivity contribution < 1.29 is 29.2 Å². The summed E-state index contributed by atoms with van der Waals surface area (Å²) >= 11 is 0. The summed E-state index contributed by atoms with van der Waals surface area (Å²) in [7, 11) is 0. The minimum Gasteiger partial charge on any atom is -0.393 e. The van der Waals surface area contributed by atoms with Crippen LogP contribution in [0.4, 0.5) is 0 Å². The van der Waals surface area contributed by atoms with Gasteiger partial charge in [0.15, 0.2) is 12.1 Å². The van der Waals surface area contributed by atoms with E-state index in [0.29, 0.717) is 0 Å². The van der Waals surface area contributed by atoms with Crippen molar-refractivity contribution in [3.8, 4) is 6.07 Å². The summed E-state index contributed by atoms with van der Waals surface area (Å²) in [4.78, 5) is 11.3. The molecule has 8 nitrogen and oxygen atoms in total. The van der Waals surface area contributed by atoms with Gasteiger partial charge in [0.05, 0.1) is 19.1 Å². The maximum absolute atomic E-state index is 11.3. The second-order valence-corrected chi connectivity index (χ2v) is 5.81. The largest absolute Gasteiger partial charge is 0.393 e. The fourth-order valence-corrected chi connectivity index (χ4v) is 2.85. The third-order valence-corrected chi connectivity index (χ3v) is 3.68. The van der Waals surface area contributed by atoms with Gasteiger partial charge in [-0.1, -0.05) is 0 Å². The number of carbonyl (C=O) groups is 1. The summed E-state index contributed by atoms with van der Waals surface area (Å²) in [6.07, 6.45) is -3.09. The smallest absolute Gasteiger partial charge is 0.217 e. The monoisotopic (exact) mass is 300 g/mol. The number of amides is 1. The lowest BCUT2D eigenvalue weighted by Gasteiger charge is -2.46. The average molecular weight is 300 g/mol. The van der Waals surface area contributed by atoms with Gasteiger partial charge in [-0.05, 0) is 13.8 Å². The van der Waals surface area contributed by atoms with Crippen molar-refractivity contribution >= 4 is 5.91 Å². The standard InChI is InChI=1S/C13H20N2O6/c1-7(17)15-8-9-10(20-12(2,3)19-9)13(6-16,4-5-14)21-11(8)18/h8-11,16,18H,4,6H2,1-3H3,(H,15,17)/t8-,9?,10?,11?,13?/m0/s1. The molecule has 5 atom stereocenters. The van der Waals surface area contributed by atoms with Crippen LogP contribution >= 0.6 is 0 Å². The Morgan fingerprint density at radius 1 is 1.38 bits per heavy atom. The number of fused-ring (bicyclic) bond motifs is 1. The molecule has 2 rings (SSSR count). The number of nitrogens with one attached hydrogen (secondary N) is 1. The normalized spacial score (nSPS) is 41.1. The van der Waals surface area contributed by atoms with Crippen molar-refractivity contribution in [2.24, 2.45) is 0 Å². The van der Waals surface area contributed by atoms with Crippen LogP contribution in [0.1, 0.15) is 27.2 Å². The molecule has 8 heteroatoms. The number of hydrogen-bond acceptors (Lipinski definition) is 7. The Balaban J connectivity index is 2.36. The van der Waals surface area contributed by atoms with Gasteiger partial charge in [-0.3, -0.25) is 4.79 Å². The SMILES string of the molecule is CC(=O)N[C@@H]1C(O)OC(CO)(CC#N)C2OC(C)(C)OC21. The van der Waals surface area contributed by atoms with Gasteiger partial charge < -0.3 is 29.7 Å². The van der Waals surface area contributed by atoms with E-state index in [1.54, 1.807) is 13.8 Å². The summed E-state index contributed by atoms with van der Waals surface area (Å²) in [5.41, 5.74) is -1.39. The van der Waals surface area contributed by atoms with Gasteiger partial charge in [0, 0.05) is 6.92 Å². The molecule has 0 radical (unpaired) electrons. The maximum atomic E-state index is 11.3. The van der Waals surface area contributed by atoms with Gasteiger partial charge in [-0.15, -0.1) is 0 Å². The van der Waals surface area contributed by atoms with E-state index in [1.807, 2.05) is 6.07 Å². The molecule has 0 spiro atoms. The maximum Gasteiger partial charge on any atom is 0.217 e. The zero-order valence-electron chi connectivity index (χ0n) is 12.2. The van der Waals surface area contributed by atoms with Crippen LogP contribution in [0, 0.1) is 11.3 Å². The number of aliphatic hydroxyl groups is 2. The van der Waals surface area contributed by atoms with Crippen molar-refractivity contribution in [2.75, 3.05) is 6.61 Å². The summed E-state index contributed by atoms with van der Waals surface area (Å²) < 4.78 is 16.9. The highest BCUT2D eigenvalue weighted by atomic mass is 16.8. The van der Waals surface area contributed by atoms with E-state index in [2.05, 4.69) is 5.32 Å². The second kappa shape index (κ2) is 5.51. The van der Waals surface area contributed by atoms with Crippen LogP contribution in [-0.2, 0) is 19.0 Å². The molecule has 0 aromatic rings. The lowest BCUT2D eigenvalue weighted by atomic mass is 9.84. The molecule has 0 aromatic heterocycles. The second-order valence-electron chi connectivity index (χ2n) is 5.81. The number of nitriles is 1. The van der Waals surface area contributed by atoms with Crippen LogP contribution in [-0.4, -0.2) is 58.7 Å². The number of carbonyl (C=O) groups excluding carboxylic acids is 1. The van der Waals surface area contributed by atoms with Crippen LogP contribution in [0.5, 0.6) is 0 Å². The van der Waals surface area contributed by atoms with E-state index < -0.39 is 42.5 Å². The first-order valence-corrected chi connectivity index (χ1v) is 6.71. The Morgan fingerprint density at radius 2 is 2.05 bits per heavy atom. The quantitative estimate of drug-likeness (QED) is 0.611. The van der Waals surface area contributed by atoms with Crippen molar-refractivity contribution in [1.29, 1.82) is 5.26 Å². The third kappa shape index (κ3) is 2.88. The predicted octanol–water partition coefficient (Wildman–Crippen LogP) is -0.995. The number of ether oxygens (including phenoxy) is 3.